The predicted molar refractivity (Wildman–Crippen MR) is 96.3 cm³/mol. The Morgan fingerprint density at radius 1 is 1.30 bits per heavy atom. The van der Waals surface area contributed by atoms with E-state index < -0.39 is 8.07 Å². The summed E-state index contributed by atoms with van der Waals surface area (Å²) in [4.78, 5) is 17.2. The van der Waals surface area contributed by atoms with Crippen LogP contribution in [0.15, 0.2) is 23.8 Å². The Balaban J connectivity index is 2.10. The number of rotatable bonds is 2. The lowest BCUT2D eigenvalue weighted by Gasteiger charge is -2.29. The molecule has 1 aliphatic rings. The van der Waals surface area contributed by atoms with Gasteiger partial charge in [0.15, 0.2) is 0 Å². The first-order chi connectivity index (χ1) is 10.8. The number of pyridine rings is 1. The molecule has 0 aromatic carbocycles. The van der Waals surface area contributed by atoms with Gasteiger partial charge < -0.3 is 4.90 Å². The average molecular weight is 329 g/mol. The highest BCUT2D eigenvalue weighted by molar-refractivity contribution is 6.83. The normalized spacial score (nSPS) is 15.0. The number of allylic oxidation sites excluding steroid dienone is 1. The van der Waals surface area contributed by atoms with Gasteiger partial charge in [-0.15, -0.1) is 5.54 Å². The van der Waals surface area contributed by atoms with Gasteiger partial charge in [-0.25, -0.2) is 4.98 Å². The van der Waals surface area contributed by atoms with E-state index >= 15 is 0 Å². The van der Waals surface area contributed by atoms with Crippen molar-refractivity contribution in [1.82, 2.24) is 4.98 Å². The minimum absolute atomic E-state index is 0.0848. The number of nitrogens with zero attached hydrogens (tertiary/aromatic N) is 3. The quantitative estimate of drug-likeness (QED) is 0.359. The van der Waals surface area contributed by atoms with Crippen LogP contribution in [0.1, 0.15) is 18.5 Å². The molecule has 1 aromatic rings. The van der Waals surface area contributed by atoms with E-state index in [2.05, 4.69) is 36.1 Å². The summed E-state index contributed by atoms with van der Waals surface area (Å²) in [6, 6.07) is 3.23. The number of hydrogen-bond donors (Lipinski definition) is 0. The van der Waals surface area contributed by atoms with Gasteiger partial charge in [-0.2, -0.15) is 0 Å². The molecule has 0 bridgehead atoms. The van der Waals surface area contributed by atoms with Crippen LogP contribution in [0.2, 0.25) is 19.6 Å². The van der Waals surface area contributed by atoms with Crippen LogP contribution >= 0.6 is 0 Å². The third-order valence-corrected chi connectivity index (χ3v) is 4.51. The number of hydrogen-bond acceptors (Lipinski definition) is 4. The number of nitro groups is 1. The lowest BCUT2D eigenvalue weighted by Crippen LogP contribution is -2.32. The van der Waals surface area contributed by atoms with Crippen LogP contribution in [-0.2, 0) is 0 Å². The third kappa shape index (κ3) is 4.93. The summed E-state index contributed by atoms with van der Waals surface area (Å²) < 4.78 is 0. The van der Waals surface area contributed by atoms with E-state index in [0.29, 0.717) is 5.82 Å². The number of anilines is 1. The first kappa shape index (κ1) is 17.2. The molecule has 1 saturated heterocycles. The van der Waals surface area contributed by atoms with Crippen LogP contribution in [-0.4, -0.2) is 31.1 Å². The van der Waals surface area contributed by atoms with Crippen molar-refractivity contribution in [3.63, 3.8) is 0 Å². The Kier molecular flexibility index (Phi) is 5.22. The Labute approximate surface area is 138 Å². The van der Waals surface area contributed by atoms with Crippen LogP contribution in [0, 0.1) is 28.5 Å². The largest absolute Gasteiger partial charge is 0.350 e. The van der Waals surface area contributed by atoms with Crippen LogP contribution in [0.3, 0.4) is 0 Å². The Morgan fingerprint density at radius 2 is 1.96 bits per heavy atom. The molecule has 0 radical (unpaired) electrons. The van der Waals surface area contributed by atoms with E-state index in [1.165, 1.54) is 5.57 Å². The molecule has 0 spiro atoms. The van der Waals surface area contributed by atoms with Crippen LogP contribution < -0.4 is 4.90 Å². The summed E-state index contributed by atoms with van der Waals surface area (Å²) in [6.45, 7) is 10.0. The fourth-order valence-corrected chi connectivity index (χ4v) is 2.92. The van der Waals surface area contributed by atoms with Crippen molar-refractivity contribution >= 4 is 19.6 Å². The second kappa shape index (κ2) is 6.96. The molecule has 5 nitrogen and oxygen atoms in total. The minimum atomic E-state index is -1.34. The SMILES string of the molecule is Cc1ccc([N+](=O)[O-])c(N2CCC(=CC#C[Si](C)(C)C)CC2)n1. The second-order valence-electron chi connectivity index (χ2n) is 6.86. The maximum Gasteiger partial charge on any atom is 0.311 e. The van der Waals surface area contributed by atoms with Gasteiger partial charge in [-0.05, 0) is 31.9 Å². The minimum Gasteiger partial charge on any atom is -0.350 e. The van der Waals surface area contributed by atoms with Crippen LogP contribution in [0.4, 0.5) is 11.5 Å². The summed E-state index contributed by atoms with van der Waals surface area (Å²) in [6.07, 6.45) is 3.80. The summed E-state index contributed by atoms with van der Waals surface area (Å²) in [5.74, 6) is 3.68. The Hall–Kier alpha value is -2.13. The van der Waals surface area contributed by atoms with Gasteiger partial charge in [0.25, 0.3) is 0 Å². The van der Waals surface area contributed by atoms with E-state index in [9.17, 15) is 10.1 Å². The van der Waals surface area contributed by atoms with Crippen molar-refractivity contribution in [3.8, 4) is 11.5 Å². The summed E-state index contributed by atoms with van der Waals surface area (Å²) in [5.41, 5.74) is 5.55. The van der Waals surface area contributed by atoms with E-state index in [4.69, 9.17) is 0 Å². The summed E-state index contributed by atoms with van der Waals surface area (Å²) >= 11 is 0. The second-order valence-corrected chi connectivity index (χ2v) is 11.6. The predicted octanol–water partition coefficient (Wildman–Crippen LogP) is 3.71. The highest BCUT2D eigenvalue weighted by atomic mass is 28.3. The third-order valence-electron chi connectivity index (χ3n) is 3.62. The number of aromatic nitrogens is 1. The van der Waals surface area contributed by atoms with Crippen molar-refractivity contribution in [2.24, 2.45) is 0 Å². The van der Waals surface area contributed by atoms with Crippen molar-refractivity contribution in [3.05, 3.63) is 39.6 Å². The molecule has 0 atom stereocenters. The van der Waals surface area contributed by atoms with Crippen LogP contribution in [0.5, 0.6) is 0 Å². The molecule has 6 heteroatoms. The van der Waals surface area contributed by atoms with E-state index in [1.54, 1.807) is 12.1 Å². The van der Waals surface area contributed by atoms with Crippen molar-refractivity contribution < 1.29 is 4.92 Å². The van der Waals surface area contributed by atoms with E-state index in [0.717, 1.165) is 31.6 Å². The van der Waals surface area contributed by atoms with E-state index in [-0.39, 0.29) is 10.6 Å². The number of piperidine rings is 1. The molecule has 122 valence electrons. The molecule has 2 rings (SSSR count). The van der Waals surface area contributed by atoms with Crippen molar-refractivity contribution in [1.29, 1.82) is 0 Å². The van der Waals surface area contributed by atoms with E-state index in [1.807, 2.05) is 17.9 Å². The van der Waals surface area contributed by atoms with Crippen molar-refractivity contribution in [2.75, 3.05) is 18.0 Å². The molecule has 1 aliphatic heterocycles. The molecular formula is C17H23N3O2Si. The zero-order valence-electron chi connectivity index (χ0n) is 14.2. The maximum atomic E-state index is 11.2. The van der Waals surface area contributed by atoms with Gasteiger partial charge in [0.05, 0.1) is 4.92 Å². The standard InChI is InChI=1S/C17H23N3O2Si/c1-14-7-8-16(20(21)22)17(18-14)19-11-9-15(10-12-19)6-5-13-23(2,3)4/h6-8H,9-12H2,1-4H3. The maximum absolute atomic E-state index is 11.2. The Morgan fingerprint density at radius 3 is 2.52 bits per heavy atom. The van der Waals surface area contributed by atoms with Crippen molar-refractivity contribution in [2.45, 2.75) is 39.4 Å². The summed E-state index contributed by atoms with van der Waals surface area (Å²) in [7, 11) is -1.34. The topological polar surface area (TPSA) is 59.3 Å². The number of aryl methyl sites for hydroxylation is 1. The highest BCUT2D eigenvalue weighted by Crippen LogP contribution is 2.29. The monoisotopic (exact) mass is 329 g/mol. The van der Waals surface area contributed by atoms with Crippen LogP contribution in [0.25, 0.3) is 0 Å². The highest BCUT2D eigenvalue weighted by Gasteiger charge is 2.23. The first-order valence-corrected chi connectivity index (χ1v) is 11.3. The molecule has 23 heavy (non-hydrogen) atoms. The zero-order chi connectivity index (χ0) is 17.0. The van der Waals surface area contributed by atoms with Gasteiger partial charge in [-0.3, -0.25) is 10.1 Å². The van der Waals surface area contributed by atoms with Gasteiger partial charge >= 0.3 is 5.69 Å². The first-order valence-electron chi connectivity index (χ1n) is 7.84. The molecule has 0 amide bonds. The molecular weight excluding hydrogens is 306 g/mol. The smallest absolute Gasteiger partial charge is 0.311 e. The van der Waals surface area contributed by atoms with Gasteiger partial charge in [0, 0.05) is 24.8 Å². The molecule has 2 heterocycles. The van der Waals surface area contributed by atoms with Gasteiger partial charge in [0.2, 0.25) is 5.82 Å². The lowest BCUT2D eigenvalue weighted by molar-refractivity contribution is -0.384. The molecule has 0 aliphatic carbocycles. The molecule has 0 saturated carbocycles. The zero-order valence-corrected chi connectivity index (χ0v) is 15.2. The molecule has 0 N–H and O–H groups in total. The van der Waals surface area contributed by atoms with Gasteiger partial charge in [-0.1, -0.05) is 31.1 Å². The Bertz CT molecular complexity index is 686. The lowest BCUT2D eigenvalue weighted by atomic mass is 10.0. The summed E-state index contributed by atoms with van der Waals surface area (Å²) in [5, 5.41) is 11.2. The molecule has 1 fully saturated rings. The molecule has 1 aromatic heterocycles. The fraction of sp³-hybridized carbons (Fsp3) is 0.471. The average Bonchev–Trinajstić information content (AvgIpc) is 2.46. The fourth-order valence-electron chi connectivity index (χ4n) is 2.42. The van der Waals surface area contributed by atoms with Gasteiger partial charge in [0.1, 0.15) is 8.07 Å². The molecule has 0 unspecified atom stereocenters.